The van der Waals surface area contributed by atoms with Crippen LogP contribution in [0.4, 0.5) is 0 Å². The monoisotopic (exact) mass is 835 g/mol. The van der Waals surface area contributed by atoms with Gasteiger partial charge in [-0.15, -0.1) is 0 Å². The molecule has 0 rings (SSSR count). The van der Waals surface area contributed by atoms with Crippen LogP contribution in [0, 0.1) is 0 Å². The van der Waals surface area contributed by atoms with Gasteiger partial charge in [-0.2, -0.15) is 0 Å². The second-order valence-corrected chi connectivity index (χ2v) is 16.0. The van der Waals surface area contributed by atoms with Crippen molar-refractivity contribution in [2.24, 2.45) is 0 Å². The van der Waals surface area contributed by atoms with E-state index in [-0.39, 0.29) is 37.5 Å². The maximum absolute atomic E-state index is 12.7. The highest BCUT2D eigenvalue weighted by Crippen LogP contribution is 2.13. The zero-order valence-corrected chi connectivity index (χ0v) is 38.9. The Morgan fingerprint density at radius 3 is 1.12 bits per heavy atom. The van der Waals surface area contributed by atoms with Gasteiger partial charge in [0, 0.05) is 19.3 Å². The van der Waals surface area contributed by atoms with Crippen LogP contribution in [-0.2, 0) is 28.6 Å². The number of hydrogen-bond acceptors (Lipinski definition) is 6. The van der Waals surface area contributed by atoms with Gasteiger partial charge in [0.15, 0.2) is 6.10 Å². The van der Waals surface area contributed by atoms with Gasteiger partial charge in [0.05, 0.1) is 0 Å². The molecule has 0 N–H and O–H groups in total. The van der Waals surface area contributed by atoms with E-state index in [1.807, 2.05) is 12.2 Å². The molecule has 6 heteroatoms. The Morgan fingerprint density at radius 2 is 0.683 bits per heavy atom. The van der Waals surface area contributed by atoms with Crippen molar-refractivity contribution < 1.29 is 28.6 Å². The van der Waals surface area contributed by atoms with E-state index in [1.54, 1.807) is 0 Å². The zero-order chi connectivity index (χ0) is 43.7. The second kappa shape index (κ2) is 48.3. The molecule has 0 aromatic carbocycles. The van der Waals surface area contributed by atoms with Gasteiger partial charge in [-0.3, -0.25) is 14.4 Å². The lowest BCUT2D eigenvalue weighted by molar-refractivity contribution is -0.166. The highest BCUT2D eigenvalue weighted by Gasteiger charge is 2.19. The van der Waals surface area contributed by atoms with Gasteiger partial charge >= 0.3 is 17.9 Å². The molecule has 0 aliphatic heterocycles. The number of esters is 3. The number of ether oxygens (including phenoxy) is 3. The normalized spacial score (nSPS) is 12.8. The standard InChI is InChI=1S/C54H90O6/c1-4-7-10-13-15-17-19-21-23-25-27-29-30-32-34-36-38-41-44-47-53(56)59-50-51(49-58-52(55)46-43-40-12-9-6-3)60-54(57)48-45-42-39-37-35-33-31-28-26-24-22-20-18-16-14-11-8-5-2/h7,10,15,17,21,23-24,26-27,29,32,34,38,41,51H,4-6,8-9,11-14,16,18-20,22,25,28,30-31,33,35-37,39-40,42-50H2,1-3H3/b10-7-,17-15-,23-21-,26-24-,29-27-,34-32-,41-38-. The van der Waals surface area contributed by atoms with Crippen LogP contribution in [0.2, 0.25) is 0 Å². The maximum Gasteiger partial charge on any atom is 0.306 e. The van der Waals surface area contributed by atoms with Crippen molar-refractivity contribution in [2.75, 3.05) is 13.2 Å². The van der Waals surface area contributed by atoms with Crippen LogP contribution in [0.1, 0.15) is 220 Å². The molecule has 0 aromatic rings. The topological polar surface area (TPSA) is 78.9 Å². The molecule has 0 bridgehead atoms. The van der Waals surface area contributed by atoms with Crippen LogP contribution in [0.25, 0.3) is 0 Å². The first-order chi connectivity index (χ1) is 29.5. The Kier molecular flexibility index (Phi) is 45.5. The summed E-state index contributed by atoms with van der Waals surface area (Å²) >= 11 is 0. The molecule has 0 spiro atoms. The van der Waals surface area contributed by atoms with Gasteiger partial charge in [0.1, 0.15) is 13.2 Å². The van der Waals surface area contributed by atoms with E-state index in [4.69, 9.17) is 14.2 Å². The van der Waals surface area contributed by atoms with Crippen molar-refractivity contribution in [1.82, 2.24) is 0 Å². The van der Waals surface area contributed by atoms with Gasteiger partial charge in [-0.05, 0) is 83.5 Å². The Labute approximate surface area is 369 Å². The van der Waals surface area contributed by atoms with Crippen LogP contribution in [-0.4, -0.2) is 37.2 Å². The smallest absolute Gasteiger partial charge is 0.306 e. The van der Waals surface area contributed by atoms with Crippen molar-refractivity contribution in [3.05, 3.63) is 85.1 Å². The van der Waals surface area contributed by atoms with E-state index >= 15 is 0 Å². The van der Waals surface area contributed by atoms with E-state index in [0.717, 1.165) is 89.9 Å². The molecule has 0 heterocycles. The second-order valence-electron chi connectivity index (χ2n) is 16.0. The third kappa shape index (κ3) is 45.7. The third-order valence-corrected chi connectivity index (χ3v) is 10.1. The average molecular weight is 835 g/mol. The highest BCUT2D eigenvalue weighted by atomic mass is 16.6. The van der Waals surface area contributed by atoms with E-state index in [1.165, 1.54) is 83.5 Å². The minimum Gasteiger partial charge on any atom is -0.462 e. The minimum atomic E-state index is -0.805. The lowest BCUT2D eigenvalue weighted by Gasteiger charge is -2.18. The van der Waals surface area contributed by atoms with Crippen LogP contribution in [0.15, 0.2) is 85.1 Å². The largest absolute Gasteiger partial charge is 0.462 e. The van der Waals surface area contributed by atoms with Crippen LogP contribution in [0.5, 0.6) is 0 Å². The fraction of sp³-hybridized carbons (Fsp3) is 0.685. The summed E-state index contributed by atoms with van der Waals surface area (Å²) in [5.41, 5.74) is 0. The summed E-state index contributed by atoms with van der Waals surface area (Å²) < 4.78 is 16.6. The Hall–Kier alpha value is -3.41. The fourth-order valence-electron chi connectivity index (χ4n) is 6.46. The summed E-state index contributed by atoms with van der Waals surface area (Å²) in [6.07, 6.45) is 61.9. The molecule has 0 saturated heterocycles. The molecular formula is C54H90O6. The molecule has 6 nitrogen and oxygen atoms in total. The summed E-state index contributed by atoms with van der Waals surface area (Å²) in [4.78, 5) is 37.6. The fourth-order valence-corrected chi connectivity index (χ4v) is 6.46. The quantitative estimate of drug-likeness (QED) is 0.0263. The van der Waals surface area contributed by atoms with Crippen molar-refractivity contribution in [1.29, 1.82) is 0 Å². The van der Waals surface area contributed by atoms with Crippen LogP contribution < -0.4 is 0 Å². The lowest BCUT2D eigenvalue weighted by Crippen LogP contribution is -2.30. The van der Waals surface area contributed by atoms with Gasteiger partial charge in [0.25, 0.3) is 0 Å². The van der Waals surface area contributed by atoms with E-state index in [9.17, 15) is 14.4 Å². The van der Waals surface area contributed by atoms with Crippen LogP contribution in [0.3, 0.4) is 0 Å². The molecule has 0 aromatic heterocycles. The van der Waals surface area contributed by atoms with E-state index in [2.05, 4.69) is 93.7 Å². The number of rotatable bonds is 43. The SMILES string of the molecule is CC/C=C\C/C=C\C/C=C\C/C=C\C/C=C\C/C=C\CCC(=O)OCC(COC(=O)CCCCCCC)OC(=O)CCCCCCCCC/C=C\CCCCCCCCC. The molecule has 0 saturated carbocycles. The number of carbonyl (C=O) groups excluding carboxylic acids is 3. The molecule has 1 unspecified atom stereocenters. The summed E-state index contributed by atoms with van der Waals surface area (Å²) in [5, 5.41) is 0. The summed E-state index contributed by atoms with van der Waals surface area (Å²) in [6, 6.07) is 0. The Balaban J connectivity index is 4.32. The average Bonchev–Trinajstić information content (AvgIpc) is 3.24. The minimum absolute atomic E-state index is 0.103. The molecule has 0 amide bonds. The van der Waals surface area contributed by atoms with Crippen LogP contribution >= 0.6 is 0 Å². The molecule has 0 fully saturated rings. The first-order valence-corrected chi connectivity index (χ1v) is 24.6. The predicted molar refractivity (Wildman–Crippen MR) is 256 cm³/mol. The summed E-state index contributed by atoms with van der Waals surface area (Å²) in [6.45, 7) is 6.36. The highest BCUT2D eigenvalue weighted by molar-refractivity contribution is 5.71. The van der Waals surface area contributed by atoms with Gasteiger partial charge < -0.3 is 14.2 Å². The van der Waals surface area contributed by atoms with E-state index < -0.39 is 6.10 Å². The van der Waals surface area contributed by atoms with Gasteiger partial charge in [-0.25, -0.2) is 0 Å². The van der Waals surface area contributed by atoms with Crippen molar-refractivity contribution in [3.63, 3.8) is 0 Å². The lowest BCUT2D eigenvalue weighted by atomic mass is 10.1. The number of allylic oxidation sites excluding steroid dienone is 14. The van der Waals surface area contributed by atoms with Crippen molar-refractivity contribution in [3.8, 4) is 0 Å². The Morgan fingerprint density at radius 1 is 0.350 bits per heavy atom. The zero-order valence-electron chi connectivity index (χ0n) is 38.9. The third-order valence-electron chi connectivity index (χ3n) is 10.1. The molecule has 60 heavy (non-hydrogen) atoms. The first kappa shape index (κ1) is 56.6. The summed E-state index contributed by atoms with van der Waals surface area (Å²) in [5.74, 6) is -1.01. The number of carbonyl (C=O) groups is 3. The van der Waals surface area contributed by atoms with Crippen molar-refractivity contribution >= 4 is 17.9 Å². The summed E-state index contributed by atoms with van der Waals surface area (Å²) in [7, 11) is 0. The molecule has 342 valence electrons. The maximum atomic E-state index is 12.7. The molecule has 0 aliphatic carbocycles. The van der Waals surface area contributed by atoms with E-state index in [0.29, 0.717) is 19.3 Å². The number of hydrogen-bond donors (Lipinski definition) is 0. The molecule has 1 atom stereocenters. The van der Waals surface area contributed by atoms with Gasteiger partial charge in [-0.1, -0.05) is 202 Å². The van der Waals surface area contributed by atoms with Crippen molar-refractivity contribution in [2.45, 2.75) is 226 Å². The number of unbranched alkanes of at least 4 members (excludes halogenated alkanes) is 18. The predicted octanol–water partition coefficient (Wildman–Crippen LogP) is 16.0. The Bertz CT molecular complexity index is 1190. The molecular weight excluding hydrogens is 745 g/mol. The molecule has 0 radical (unpaired) electrons. The van der Waals surface area contributed by atoms with Gasteiger partial charge in [0.2, 0.25) is 0 Å². The molecule has 0 aliphatic rings. The first-order valence-electron chi connectivity index (χ1n) is 24.6.